The van der Waals surface area contributed by atoms with Crippen LogP contribution in [0.15, 0.2) is 71.9 Å². The highest BCUT2D eigenvalue weighted by molar-refractivity contribution is 7.98. The SMILES string of the molecule is Cc1ccccc1OCc1nnc(SCc2cccc3ccccc23)n1C. The van der Waals surface area contributed by atoms with Gasteiger partial charge in [0, 0.05) is 12.8 Å². The number of thioether (sulfide) groups is 1. The Morgan fingerprint density at radius 2 is 1.70 bits per heavy atom. The lowest BCUT2D eigenvalue weighted by Gasteiger charge is -2.09. The summed E-state index contributed by atoms with van der Waals surface area (Å²) in [6.45, 7) is 2.45. The minimum absolute atomic E-state index is 0.406. The standard InChI is InChI=1S/C22H21N3OS/c1-16-8-3-6-13-20(16)26-14-21-23-24-22(25(21)2)27-15-18-11-7-10-17-9-4-5-12-19(17)18/h3-13H,14-15H2,1-2H3. The van der Waals surface area contributed by atoms with Gasteiger partial charge in [0.1, 0.15) is 12.4 Å². The van der Waals surface area contributed by atoms with Crippen molar-refractivity contribution in [1.82, 2.24) is 14.8 Å². The zero-order chi connectivity index (χ0) is 18.6. The van der Waals surface area contributed by atoms with Crippen LogP contribution in [0.4, 0.5) is 0 Å². The predicted octanol–water partition coefficient (Wildman–Crippen LogP) is 5.15. The predicted molar refractivity (Wildman–Crippen MR) is 110 cm³/mol. The Kier molecular flexibility index (Phi) is 5.12. The van der Waals surface area contributed by atoms with Gasteiger partial charge < -0.3 is 9.30 Å². The summed E-state index contributed by atoms with van der Waals surface area (Å²) in [5, 5.41) is 12.1. The highest BCUT2D eigenvalue weighted by Gasteiger charge is 2.11. The summed E-state index contributed by atoms with van der Waals surface area (Å²) in [4.78, 5) is 0. The molecule has 0 aliphatic carbocycles. The third kappa shape index (κ3) is 3.83. The average molecular weight is 375 g/mol. The van der Waals surface area contributed by atoms with E-state index in [1.54, 1.807) is 11.8 Å². The molecule has 4 nitrogen and oxygen atoms in total. The van der Waals surface area contributed by atoms with E-state index in [9.17, 15) is 0 Å². The molecule has 0 bridgehead atoms. The molecule has 4 aromatic rings. The number of rotatable bonds is 6. The van der Waals surface area contributed by atoms with Gasteiger partial charge in [0.15, 0.2) is 11.0 Å². The van der Waals surface area contributed by atoms with E-state index < -0.39 is 0 Å². The summed E-state index contributed by atoms with van der Waals surface area (Å²) < 4.78 is 7.91. The van der Waals surface area contributed by atoms with E-state index in [4.69, 9.17) is 4.74 Å². The van der Waals surface area contributed by atoms with Crippen LogP contribution in [-0.2, 0) is 19.4 Å². The second-order valence-electron chi connectivity index (χ2n) is 6.44. The van der Waals surface area contributed by atoms with Crippen LogP contribution in [0.2, 0.25) is 0 Å². The molecule has 0 radical (unpaired) electrons. The normalized spacial score (nSPS) is 11.0. The monoisotopic (exact) mass is 375 g/mol. The molecule has 1 heterocycles. The number of hydrogen-bond acceptors (Lipinski definition) is 4. The Labute approximate surface area is 163 Å². The second-order valence-corrected chi connectivity index (χ2v) is 7.38. The molecule has 0 amide bonds. The van der Waals surface area contributed by atoms with Gasteiger partial charge in [-0.1, -0.05) is 72.4 Å². The summed E-state index contributed by atoms with van der Waals surface area (Å²) in [5.74, 6) is 2.55. The molecule has 0 atom stereocenters. The van der Waals surface area contributed by atoms with Crippen molar-refractivity contribution >= 4 is 22.5 Å². The van der Waals surface area contributed by atoms with Gasteiger partial charge in [-0.05, 0) is 34.9 Å². The van der Waals surface area contributed by atoms with Crippen molar-refractivity contribution in [2.24, 2.45) is 7.05 Å². The molecular weight excluding hydrogens is 354 g/mol. The fourth-order valence-electron chi connectivity index (χ4n) is 3.02. The van der Waals surface area contributed by atoms with Crippen molar-refractivity contribution in [2.45, 2.75) is 24.4 Å². The van der Waals surface area contributed by atoms with Gasteiger partial charge in [-0.2, -0.15) is 0 Å². The van der Waals surface area contributed by atoms with Gasteiger partial charge in [-0.15, -0.1) is 10.2 Å². The van der Waals surface area contributed by atoms with Crippen LogP contribution in [0, 0.1) is 6.92 Å². The van der Waals surface area contributed by atoms with E-state index in [0.717, 1.165) is 28.0 Å². The molecule has 0 aliphatic heterocycles. The Balaban J connectivity index is 1.45. The maximum atomic E-state index is 5.90. The van der Waals surface area contributed by atoms with Gasteiger partial charge in [0.25, 0.3) is 0 Å². The highest BCUT2D eigenvalue weighted by atomic mass is 32.2. The highest BCUT2D eigenvalue weighted by Crippen LogP contribution is 2.26. The summed E-state index contributed by atoms with van der Waals surface area (Å²) >= 11 is 1.69. The number of hydrogen-bond donors (Lipinski definition) is 0. The van der Waals surface area contributed by atoms with Crippen LogP contribution >= 0.6 is 11.8 Å². The van der Waals surface area contributed by atoms with Gasteiger partial charge in [0.2, 0.25) is 0 Å². The van der Waals surface area contributed by atoms with Crippen LogP contribution in [0.5, 0.6) is 5.75 Å². The van der Waals surface area contributed by atoms with E-state index in [1.165, 1.54) is 16.3 Å². The van der Waals surface area contributed by atoms with E-state index in [0.29, 0.717) is 6.61 Å². The zero-order valence-corrected chi connectivity index (χ0v) is 16.2. The largest absolute Gasteiger partial charge is 0.485 e. The quantitative estimate of drug-likeness (QED) is 0.437. The van der Waals surface area contributed by atoms with E-state index in [2.05, 4.69) is 52.7 Å². The molecule has 136 valence electrons. The molecular formula is C22H21N3OS. The van der Waals surface area contributed by atoms with E-state index in [-0.39, 0.29) is 0 Å². The summed E-state index contributed by atoms with van der Waals surface area (Å²) in [6, 6.07) is 22.9. The van der Waals surface area contributed by atoms with Crippen LogP contribution in [0.1, 0.15) is 17.0 Å². The van der Waals surface area contributed by atoms with Crippen LogP contribution < -0.4 is 4.74 Å². The molecule has 0 saturated heterocycles. The summed E-state index contributed by atoms with van der Waals surface area (Å²) in [5.41, 5.74) is 2.42. The molecule has 4 rings (SSSR count). The van der Waals surface area contributed by atoms with Crippen molar-refractivity contribution in [3.8, 4) is 5.75 Å². The Morgan fingerprint density at radius 3 is 2.59 bits per heavy atom. The molecule has 5 heteroatoms. The number of aryl methyl sites for hydroxylation is 1. The maximum absolute atomic E-state index is 5.90. The first-order valence-electron chi connectivity index (χ1n) is 8.88. The Morgan fingerprint density at radius 1 is 0.926 bits per heavy atom. The lowest BCUT2D eigenvalue weighted by atomic mass is 10.1. The number of para-hydroxylation sites is 1. The molecule has 0 fully saturated rings. The second kappa shape index (κ2) is 7.84. The summed E-state index contributed by atoms with van der Waals surface area (Å²) in [6.07, 6.45) is 0. The molecule has 0 unspecified atom stereocenters. The van der Waals surface area contributed by atoms with Crippen LogP contribution in [-0.4, -0.2) is 14.8 Å². The third-order valence-corrected chi connectivity index (χ3v) is 5.68. The molecule has 0 saturated carbocycles. The molecule has 1 aromatic heterocycles. The van der Waals surface area contributed by atoms with Crippen molar-refractivity contribution < 1.29 is 4.74 Å². The maximum Gasteiger partial charge on any atom is 0.191 e. The fraction of sp³-hybridized carbons (Fsp3) is 0.182. The molecule has 0 N–H and O–H groups in total. The molecule has 3 aromatic carbocycles. The van der Waals surface area contributed by atoms with Crippen molar-refractivity contribution in [2.75, 3.05) is 0 Å². The first kappa shape index (κ1) is 17.6. The Hall–Kier alpha value is -2.79. The molecule has 0 aliphatic rings. The van der Waals surface area contributed by atoms with Crippen molar-refractivity contribution in [3.63, 3.8) is 0 Å². The lowest BCUT2D eigenvalue weighted by molar-refractivity contribution is 0.288. The smallest absolute Gasteiger partial charge is 0.191 e. The minimum atomic E-state index is 0.406. The lowest BCUT2D eigenvalue weighted by Crippen LogP contribution is -2.05. The van der Waals surface area contributed by atoms with Crippen molar-refractivity contribution in [3.05, 3.63) is 83.7 Å². The van der Waals surface area contributed by atoms with Gasteiger partial charge >= 0.3 is 0 Å². The summed E-state index contributed by atoms with van der Waals surface area (Å²) in [7, 11) is 1.99. The first-order valence-corrected chi connectivity index (χ1v) is 9.87. The fourth-order valence-corrected chi connectivity index (χ4v) is 3.95. The topological polar surface area (TPSA) is 39.9 Å². The van der Waals surface area contributed by atoms with Crippen LogP contribution in [0.25, 0.3) is 10.8 Å². The molecule has 27 heavy (non-hydrogen) atoms. The molecule has 0 spiro atoms. The Bertz CT molecular complexity index is 1070. The zero-order valence-electron chi connectivity index (χ0n) is 15.4. The van der Waals surface area contributed by atoms with Crippen LogP contribution in [0.3, 0.4) is 0 Å². The minimum Gasteiger partial charge on any atom is -0.485 e. The first-order chi connectivity index (χ1) is 13.2. The number of fused-ring (bicyclic) bond motifs is 1. The average Bonchev–Trinajstić information content (AvgIpc) is 3.05. The number of aromatic nitrogens is 3. The van der Waals surface area contributed by atoms with E-state index in [1.807, 2.05) is 42.8 Å². The third-order valence-electron chi connectivity index (χ3n) is 4.61. The van der Waals surface area contributed by atoms with E-state index >= 15 is 0 Å². The van der Waals surface area contributed by atoms with Gasteiger partial charge in [-0.25, -0.2) is 0 Å². The van der Waals surface area contributed by atoms with Gasteiger partial charge in [-0.3, -0.25) is 0 Å². The number of benzene rings is 3. The van der Waals surface area contributed by atoms with Gasteiger partial charge in [0.05, 0.1) is 0 Å². The number of ether oxygens (including phenoxy) is 1. The van der Waals surface area contributed by atoms with Crippen molar-refractivity contribution in [1.29, 1.82) is 0 Å². The number of nitrogens with zero attached hydrogens (tertiary/aromatic N) is 3.